The fourth-order valence-electron chi connectivity index (χ4n) is 9.04. The van der Waals surface area contributed by atoms with Crippen LogP contribution in [0.5, 0.6) is 0 Å². The van der Waals surface area contributed by atoms with Crippen LogP contribution < -0.4 is 4.90 Å². The molecule has 5 N–H and O–H groups in total. The molecule has 0 saturated heterocycles. The summed E-state index contributed by atoms with van der Waals surface area (Å²) in [6.07, 6.45) is 7.06. The topological polar surface area (TPSA) is 279 Å². The summed E-state index contributed by atoms with van der Waals surface area (Å²) in [6.45, 7) is 6.52. The van der Waals surface area contributed by atoms with Crippen molar-refractivity contribution in [2.24, 2.45) is 0 Å². The van der Waals surface area contributed by atoms with Crippen molar-refractivity contribution in [1.82, 2.24) is 0 Å². The molecule has 0 aromatic heterocycles. The molecule has 64 heavy (non-hydrogen) atoms. The van der Waals surface area contributed by atoms with Crippen molar-refractivity contribution in [2.45, 2.75) is 83.3 Å². The molecule has 0 aliphatic carbocycles. The number of carbonyl (C=O) groups is 1. The molecule has 0 radical (unpaired) electrons. The molecule has 0 fully saturated rings. The summed E-state index contributed by atoms with van der Waals surface area (Å²) >= 11 is 0. The number of aliphatic carboxylic acids is 1. The van der Waals surface area contributed by atoms with Crippen molar-refractivity contribution >= 4 is 85.1 Å². The number of anilines is 1. The summed E-state index contributed by atoms with van der Waals surface area (Å²) < 4.78 is 154. The fourth-order valence-corrected chi connectivity index (χ4v) is 11.7. The van der Waals surface area contributed by atoms with Gasteiger partial charge in [0.1, 0.15) is 16.3 Å². The number of hydrogen-bond donors (Lipinski definition) is 5. The third-order valence-electron chi connectivity index (χ3n) is 11.9. The van der Waals surface area contributed by atoms with Crippen LogP contribution in [-0.4, -0.2) is 114 Å². The number of fused-ring (bicyclic) bond motifs is 6. The number of benzene rings is 4. The second-order valence-corrected chi connectivity index (χ2v) is 22.0. The van der Waals surface area contributed by atoms with Gasteiger partial charge in [-0.3, -0.25) is 23.0 Å². The number of methoxy groups -OCH3 is 2. The zero-order valence-corrected chi connectivity index (χ0v) is 38.7. The first-order valence-electron chi connectivity index (χ1n) is 19.8. The Morgan fingerprint density at radius 3 is 1.77 bits per heavy atom. The largest absolute Gasteiger partial charge is 0.481 e. The molecule has 2 aliphatic rings. The minimum Gasteiger partial charge on any atom is -0.481 e. The van der Waals surface area contributed by atoms with Gasteiger partial charge in [-0.05, 0) is 98.8 Å². The summed E-state index contributed by atoms with van der Waals surface area (Å²) in [6, 6.07) is 9.85. The van der Waals surface area contributed by atoms with Crippen LogP contribution in [0, 0.1) is 0 Å². The Labute approximate surface area is 371 Å². The average molecular weight is 966 g/mol. The van der Waals surface area contributed by atoms with E-state index in [0.29, 0.717) is 71.9 Å². The molecule has 2 aliphatic heterocycles. The Kier molecular flexibility index (Phi) is 13.5. The van der Waals surface area contributed by atoms with E-state index in [1.54, 1.807) is 18.2 Å². The molecule has 1 unspecified atom stereocenters. The summed E-state index contributed by atoms with van der Waals surface area (Å²) in [5.74, 6) is -0.941. The highest BCUT2D eigenvalue weighted by molar-refractivity contribution is 7.87. The maximum absolute atomic E-state index is 12.7. The minimum absolute atomic E-state index is 0.00216. The number of allylic oxidation sites excluding steroid dienone is 4. The Hall–Kier alpha value is -4.62. The zero-order chi connectivity index (χ0) is 47.4. The smallest absolute Gasteiger partial charge is 0.303 e. The van der Waals surface area contributed by atoms with E-state index in [9.17, 15) is 61.8 Å². The highest BCUT2D eigenvalue weighted by Gasteiger charge is 2.47. The van der Waals surface area contributed by atoms with Crippen molar-refractivity contribution in [3.63, 3.8) is 0 Å². The molecule has 0 saturated carbocycles. The van der Waals surface area contributed by atoms with Gasteiger partial charge in [0.05, 0.1) is 21.8 Å². The lowest BCUT2D eigenvalue weighted by Gasteiger charge is -2.30. The van der Waals surface area contributed by atoms with Crippen LogP contribution in [0.25, 0.3) is 21.5 Å². The van der Waals surface area contributed by atoms with Crippen molar-refractivity contribution in [3.05, 3.63) is 83.6 Å². The molecule has 4 aromatic carbocycles. The SMILES string of the molecule is COCCN1/C(=C/C=C/C2=[N+](CCCCCC(=O)O)c3ccc4c(S(=O)(=O)O)cc(S(=O)(=O)O)cc4c3C2(C)C)C(C)(CCOC)c2c1ccc1c(S(=O)(=O)O)cc(S(=O)(=O)O)cc21. The monoisotopic (exact) mass is 965 g/mol. The number of nitrogens with zero attached hydrogens (tertiary/aromatic N) is 2. The van der Waals surface area contributed by atoms with Crippen LogP contribution in [-0.2, 0) is 65.6 Å². The summed E-state index contributed by atoms with van der Waals surface area (Å²) in [5, 5.41) is 9.49. The van der Waals surface area contributed by atoms with Gasteiger partial charge in [0.15, 0.2) is 5.71 Å². The fraction of sp³-hybridized carbons (Fsp3) is 0.381. The number of carboxylic acids is 1. The molecule has 1 atom stereocenters. The van der Waals surface area contributed by atoms with Gasteiger partial charge in [0, 0.05) is 85.5 Å². The maximum atomic E-state index is 12.7. The first kappa shape index (κ1) is 48.8. The lowest BCUT2D eigenvalue weighted by Crippen LogP contribution is -2.32. The van der Waals surface area contributed by atoms with Crippen LogP contribution in [0.2, 0.25) is 0 Å². The quantitative estimate of drug-likeness (QED) is 0.0441. The van der Waals surface area contributed by atoms with E-state index in [1.165, 1.54) is 26.4 Å². The van der Waals surface area contributed by atoms with Gasteiger partial charge in [0.2, 0.25) is 5.69 Å². The normalized spacial score (nSPS) is 18.5. The molecule has 18 nitrogen and oxygen atoms in total. The molecule has 2 heterocycles. The second-order valence-electron chi connectivity index (χ2n) is 16.3. The van der Waals surface area contributed by atoms with Crippen molar-refractivity contribution < 1.29 is 75.8 Å². The molecule has 0 bridgehead atoms. The Balaban J connectivity index is 1.60. The standard InChI is InChI=1S/C42H48N2O16S4/c1-41(2)36(43(18-8-6-7-12-38(45)46)32-15-13-28-30(39(32)41)22-26(61(47,48)49)24-34(28)63(53,54)55)10-9-11-37-42(3,17-20-59-4)40-31-23-27(62(50,51)52)25-35(64(56,57)58)29(31)14-16-33(40)44(37)19-21-60-5/h9-11,13-16,22-25H,6-8,12,17-21H2,1-5H3,(H4-,45,46,47,48,49,50,51,52,53,54,55,56,57,58)/p+1. The number of carboxylic acid groups (broad SMARTS) is 1. The van der Waals surface area contributed by atoms with Crippen molar-refractivity contribution in [1.29, 1.82) is 0 Å². The summed E-state index contributed by atoms with van der Waals surface area (Å²) in [7, 11) is -17.0. The second kappa shape index (κ2) is 17.6. The minimum atomic E-state index is -5.01. The van der Waals surface area contributed by atoms with Crippen LogP contribution in [0.4, 0.5) is 11.4 Å². The third-order valence-corrected chi connectivity index (χ3v) is 15.4. The van der Waals surface area contributed by atoms with E-state index < -0.39 is 76.9 Å². The van der Waals surface area contributed by atoms with Crippen molar-refractivity contribution in [2.75, 3.05) is 45.4 Å². The highest BCUT2D eigenvalue weighted by Crippen LogP contribution is 2.54. The molecule has 22 heteroatoms. The summed E-state index contributed by atoms with van der Waals surface area (Å²) in [4.78, 5) is 10.2. The van der Waals surface area contributed by atoms with E-state index in [-0.39, 0.29) is 54.1 Å². The first-order valence-corrected chi connectivity index (χ1v) is 25.6. The molecular weight excluding hydrogens is 917 g/mol. The van der Waals surface area contributed by atoms with E-state index >= 15 is 0 Å². The van der Waals surface area contributed by atoms with E-state index in [2.05, 4.69) is 0 Å². The van der Waals surface area contributed by atoms with Gasteiger partial charge < -0.3 is 19.5 Å². The van der Waals surface area contributed by atoms with Gasteiger partial charge in [0.25, 0.3) is 40.5 Å². The predicted molar refractivity (Wildman–Crippen MR) is 236 cm³/mol. The lowest BCUT2D eigenvalue weighted by molar-refractivity contribution is -0.438. The van der Waals surface area contributed by atoms with Gasteiger partial charge >= 0.3 is 5.97 Å². The number of ether oxygens (including phenoxy) is 2. The van der Waals surface area contributed by atoms with Gasteiger partial charge in [-0.15, -0.1) is 0 Å². The maximum Gasteiger partial charge on any atom is 0.303 e. The number of hydrogen-bond acceptors (Lipinski definition) is 12. The van der Waals surface area contributed by atoms with Crippen LogP contribution in [0.15, 0.2) is 92.0 Å². The Morgan fingerprint density at radius 2 is 1.25 bits per heavy atom. The molecule has 346 valence electrons. The summed E-state index contributed by atoms with van der Waals surface area (Å²) in [5.41, 5.74) is 1.28. The van der Waals surface area contributed by atoms with E-state index in [4.69, 9.17) is 9.47 Å². The van der Waals surface area contributed by atoms with Crippen LogP contribution >= 0.6 is 0 Å². The highest BCUT2D eigenvalue weighted by atomic mass is 32.2. The number of rotatable bonds is 18. The lowest BCUT2D eigenvalue weighted by atomic mass is 9.76. The Bertz CT molecular complexity index is 3140. The zero-order valence-electron chi connectivity index (χ0n) is 35.5. The van der Waals surface area contributed by atoms with Crippen LogP contribution in [0.3, 0.4) is 0 Å². The van der Waals surface area contributed by atoms with Crippen LogP contribution in [0.1, 0.15) is 64.0 Å². The van der Waals surface area contributed by atoms with Gasteiger partial charge in [-0.2, -0.15) is 38.2 Å². The molecule has 0 spiro atoms. The van der Waals surface area contributed by atoms with Crippen molar-refractivity contribution in [3.8, 4) is 0 Å². The van der Waals surface area contributed by atoms with E-state index in [1.807, 2.05) is 42.4 Å². The third kappa shape index (κ3) is 9.26. The molecule has 0 amide bonds. The molecule has 4 aromatic rings. The molecular formula is C42H49N2O16S4+. The van der Waals surface area contributed by atoms with Gasteiger partial charge in [-0.1, -0.05) is 12.1 Å². The first-order chi connectivity index (χ1) is 29.7. The average Bonchev–Trinajstić information content (AvgIpc) is 3.56. The van der Waals surface area contributed by atoms with Gasteiger partial charge in [-0.25, -0.2) is 0 Å². The van der Waals surface area contributed by atoms with E-state index in [0.717, 1.165) is 12.1 Å². The predicted octanol–water partition coefficient (Wildman–Crippen LogP) is 5.90. The Morgan fingerprint density at radius 1 is 0.703 bits per heavy atom. The number of unbranched alkanes of at least 4 members (excludes halogenated alkanes) is 2. The molecule has 6 rings (SSSR count).